The zero-order chi connectivity index (χ0) is 21.3. The second-order valence-electron chi connectivity index (χ2n) is 7.55. The first kappa shape index (κ1) is 21.8. The molecule has 2 N–H and O–H groups in total. The highest BCUT2D eigenvalue weighted by Gasteiger charge is 2.18. The topological polar surface area (TPSA) is 84.6 Å². The van der Waals surface area contributed by atoms with Crippen LogP contribution in [0.15, 0.2) is 52.9 Å². The van der Waals surface area contributed by atoms with Crippen molar-refractivity contribution >= 4 is 17.1 Å². The predicted molar refractivity (Wildman–Crippen MR) is 117 cm³/mol. The molecule has 1 aromatic heterocycles. The summed E-state index contributed by atoms with van der Waals surface area (Å²) < 4.78 is 11.5. The van der Waals surface area contributed by atoms with Gasteiger partial charge in [0.25, 0.3) is 0 Å². The molecule has 1 heterocycles. The van der Waals surface area contributed by atoms with Crippen molar-refractivity contribution in [1.82, 2.24) is 10.3 Å². The highest BCUT2D eigenvalue weighted by atomic mass is 16.5. The van der Waals surface area contributed by atoms with E-state index >= 15 is 0 Å². The van der Waals surface area contributed by atoms with E-state index in [0.29, 0.717) is 18.2 Å². The second-order valence-corrected chi connectivity index (χ2v) is 7.55. The van der Waals surface area contributed by atoms with Crippen molar-refractivity contribution in [2.45, 2.75) is 64.6 Å². The van der Waals surface area contributed by atoms with E-state index in [-0.39, 0.29) is 6.04 Å². The van der Waals surface area contributed by atoms with Crippen LogP contribution in [-0.4, -0.2) is 22.2 Å². The molecule has 0 radical (unpaired) electrons. The van der Waals surface area contributed by atoms with Crippen molar-refractivity contribution in [3.05, 3.63) is 60.0 Å². The molecule has 30 heavy (non-hydrogen) atoms. The Morgan fingerprint density at radius 2 is 2.00 bits per heavy atom. The Morgan fingerprint density at radius 1 is 1.17 bits per heavy atom. The SMILES string of the molecule is CCCCCCC(NCc1cccc(OC(C)C(=O)O)c1)c1nc2ccccc2o1. The molecule has 0 bridgehead atoms. The molecule has 2 aromatic carbocycles. The van der Waals surface area contributed by atoms with Gasteiger partial charge in [-0.05, 0) is 43.2 Å². The average molecular weight is 411 g/mol. The number of hydrogen-bond donors (Lipinski definition) is 2. The molecule has 0 spiro atoms. The number of carbonyl (C=O) groups is 1. The van der Waals surface area contributed by atoms with Crippen LogP contribution < -0.4 is 10.1 Å². The zero-order valence-electron chi connectivity index (χ0n) is 17.6. The molecule has 160 valence electrons. The Bertz CT molecular complexity index is 920. The van der Waals surface area contributed by atoms with Gasteiger partial charge in [0.1, 0.15) is 11.3 Å². The van der Waals surface area contributed by atoms with Crippen molar-refractivity contribution in [2.75, 3.05) is 0 Å². The number of benzene rings is 2. The summed E-state index contributed by atoms with van der Waals surface area (Å²) in [5, 5.41) is 12.6. The zero-order valence-corrected chi connectivity index (χ0v) is 17.6. The highest BCUT2D eigenvalue weighted by Crippen LogP contribution is 2.25. The minimum atomic E-state index is -0.985. The van der Waals surface area contributed by atoms with Crippen LogP contribution >= 0.6 is 0 Å². The number of oxazole rings is 1. The second kappa shape index (κ2) is 10.8. The van der Waals surface area contributed by atoms with Gasteiger partial charge in [0.15, 0.2) is 11.7 Å². The Kier molecular flexibility index (Phi) is 7.85. The van der Waals surface area contributed by atoms with E-state index in [1.165, 1.54) is 26.2 Å². The van der Waals surface area contributed by atoms with E-state index in [1.54, 1.807) is 6.07 Å². The molecular weight excluding hydrogens is 380 g/mol. The van der Waals surface area contributed by atoms with Gasteiger partial charge in [0, 0.05) is 6.54 Å². The van der Waals surface area contributed by atoms with Gasteiger partial charge < -0.3 is 19.6 Å². The van der Waals surface area contributed by atoms with Gasteiger partial charge in [-0.2, -0.15) is 0 Å². The van der Waals surface area contributed by atoms with E-state index in [9.17, 15) is 4.79 Å². The molecule has 0 saturated carbocycles. The number of fused-ring (bicyclic) bond motifs is 1. The Labute approximate surface area is 177 Å². The minimum absolute atomic E-state index is 0.0109. The molecule has 0 saturated heterocycles. The molecule has 3 rings (SSSR count). The van der Waals surface area contributed by atoms with Crippen LogP contribution in [-0.2, 0) is 11.3 Å². The summed E-state index contributed by atoms with van der Waals surface area (Å²) in [7, 11) is 0. The monoisotopic (exact) mass is 410 g/mol. The van der Waals surface area contributed by atoms with E-state index in [1.807, 2.05) is 42.5 Å². The van der Waals surface area contributed by atoms with E-state index in [2.05, 4.69) is 17.2 Å². The number of hydrogen-bond acceptors (Lipinski definition) is 5. The van der Waals surface area contributed by atoms with Gasteiger partial charge in [-0.1, -0.05) is 56.9 Å². The lowest BCUT2D eigenvalue weighted by molar-refractivity contribution is -0.144. The Balaban J connectivity index is 1.69. The smallest absolute Gasteiger partial charge is 0.344 e. The number of ether oxygens (including phenoxy) is 1. The van der Waals surface area contributed by atoms with Crippen molar-refractivity contribution in [3.8, 4) is 5.75 Å². The molecule has 0 fully saturated rings. The predicted octanol–water partition coefficient (Wildman–Crippen LogP) is 5.48. The largest absolute Gasteiger partial charge is 0.479 e. The summed E-state index contributed by atoms with van der Waals surface area (Å²) in [5.41, 5.74) is 2.68. The number of nitrogens with one attached hydrogen (secondary N) is 1. The molecular formula is C24H30N2O4. The average Bonchev–Trinajstić information content (AvgIpc) is 3.17. The van der Waals surface area contributed by atoms with E-state index in [0.717, 1.165) is 29.5 Å². The molecule has 0 aliphatic carbocycles. The van der Waals surface area contributed by atoms with Crippen molar-refractivity contribution in [3.63, 3.8) is 0 Å². The van der Waals surface area contributed by atoms with Gasteiger partial charge in [0.05, 0.1) is 6.04 Å². The standard InChI is InChI=1S/C24H30N2O4/c1-3-4-5-6-13-21(23-26-20-12-7-8-14-22(20)30-23)25-16-18-10-9-11-19(15-18)29-17(2)24(27)28/h7-12,14-15,17,21,25H,3-6,13,16H2,1-2H3,(H,27,28). The fraction of sp³-hybridized carbons (Fsp3) is 0.417. The van der Waals surface area contributed by atoms with Crippen LogP contribution in [0, 0.1) is 0 Å². The molecule has 0 aliphatic rings. The lowest BCUT2D eigenvalue weighted by Crippen LogP contribution is -2.23. The minimum Gasteiger partial charge on any atom is -0.479 e. The van der Waals surface area contributed by atoms with Gasteiger partial charge in [-0.15, -0.1) is 0 Å². The first-order valence-electron chi connectivity index (χ1n) is 10.6. The van der Waals surface area contributed by atoms with E-state index < -0.39 is 12.1 Å². The maximum Gasteiger partial charge on any atom is 0.344 e. The summed E-state index contributed by atoms with van der Waals surface area (Å²) >= 11 is 0. The van der Waals surface area contributed by atoms with Gasteiger partial charge in [0.2, 0.25) is 5.89 Å². The Morgan fingerprint density at radius 3 is 2.77 bits per heavy atom. The number of rotatable bonds is 12. The van der Waals surface area contributed by atoms with Crippen LogP contribution in [0.4, 0.5) is 0 Å². The van der Waals surface area contributed by atoms with Crippen LogP contribution in [0.25, 0.3) is 11.1 Å². The fourth-order valence-electron chi connectivity index (χ4n) is 3.35. The number of carboxylic acids is 1. The van der Waals surface area contributed by atoms with Gasteiger partial charge >= 0.3 is 5.97 Å². The van der Waals surface area contributed by atoms with Crippen molar-refractivity contribution in [2.24, 2.45) is 0 Å². The molecule has 3 aromatic rings. The molecule has 6 heteroatoms. The lowest BCUT2D eigenvalue weighted by atomic mass is 10.1. The van der Waals surface area contributed by atoms with Gasteiger partial charge in [-0.25, -0.2) is 9.78 Å². The number of para-hydroxylation sites is 2. The van der Waals surface area contributed by atoms with Crippen molar-refractivity contribution < 1.29 is 19.1 Å². The summed E-state index contributed by atoms with van der Waals surface area (Å²) in [6, 6.07) is 15.3. The van der Waals surface area contributed by atoms with Crippen LogP contribution in [0.5, 0.6) is 5.75 Å². The maximum absolute atomic E-state index is 11.0. The van der Waals surface area contributed by atoms with Gasteiger partial charge in [-0.3, -0.25) is 0 Å². The summed E-state index contributed by atoms with van der Waals surface area (Å²) in [6.07, 6.45) is 4.76. The van der Waals surface area contributed by atoms with E-state index in [4.69, 9.17) is 14.3 Å². The molecule has 2 atom stereocenters. The molecule has 6 nitrogen and oxygen atoms in total. The van der Waals surface area contributed by atoms with Crippen LogP contribution in [0.1, 0.15) is 63.4 Å². The first-order chi connectivity index (χ1) is 14.6. The third kappa shape index (κ3) is 6.07. The molecule has 2 unspecified atom stereocenters. The number of carboxylic acid groups (broad SMARTS) is 1. The van der Waals surface area contributed by atoms with Crippen LogP contribution in [0.3, 0.4) is 0 Å². The molecule has 0 amide bonds. The summed E-state index contributed by atoms with van der Waals surface area (Å²) in [5.74, 6) is 0.270. The summed E-state index contributed by atoms with van der Waals surface area (Å²) in [4.78, 5) is 15.7. The Hall–Kier alpha value is -2.86. The normalized spacial score (nSPS) is 13.3. The first-order valence-corrected chi connectivity index (χ1v) is 10.6. The van der Waals surface area contributed by atoms with Crippen molar-refractivity contribution in [1.29, 1.82) is 0 Å². The summed E-state index contributed by atoms with van der Waals surface area (Å²) in [6.45, 7) is 4.33. The third-order valence-electron chi connectivity index (χ3n) is 5.07. The maximum atomic E-state index is 11.0. The number of aliphatic carboxylic acids is 1. The van der Waals surface area contributed by atoms with Crippen LogP contribution in [0.2, 0.25) is 0 Å². The quantitative estimate of drug-likeness (QED) is 0.385. The molecule has 0 aliphatic heterocycles. The highest BCUT2D eigenvalue weighted by molar-refractivity contribution is 5.72. The number of unbranched alkanes of at least 4 members (excludes halogenated alkanes) is 3. The lowest BCUT2D eigenvalue weighted by Gasteiger charge is -2.16. The number of nitrogens with zero attached hydrogens (tertiary/aromatic N) is 1. The third-order valence-corrected chi connectivity index (χ3v) is 5.07. The fourth-order valence-corrected chi connectivity index (χ4v) is 3.35. The number of aromatic nitrogens is 1.